The first-order chi connectivity index (χ1) is 41.2. The largest absolute Gasteiger partial charge is 0.493 e. The van der Waals surface area contributed by atoms with Crippen molar-refractivity contribution < 1.29 is 50.9 Å². The molecule has 13 rings (SSSR count). The number of piperazine rings is 1. The Morgan fingerprint density at radius 2 is 1.66 bits per heavy atom. The highest BCUT2D eigenvalue weighted by Crippen LogP contribution is 2.54. The fourth-order valence-corrected chi connectivity index (χ4v) is 14.5. The molecule has 0 radical (unpaired) electrons. The lowest BCUT2D eigenvalue weighted by atomic mass is 9.59. The molecule has 1 aromatic carbocycles. The molecule has 11 heterocycles. The SMILES string of the molecule is COc1cc(CN2CCN(C3CC4(CCN(c5ncc(C(=O)NS(=O)(=O)c6cc([N+](=O)[O-])c7c(n6)OC[C@@H](C6CCOCC6)N7)c(N6CCOc7nc8[nH]ccc8cc76)c5F)CC4)C3)[C@H](c3ccccc3OC(C)C)C2)cnc1N1CCOCC1. The van der Waals surface area contributed by atoms with E-state index in [1.807, 2.05) is 21.9 Å². The summed E-state index contributed by atoms with van der Waals surface area (Å²) in [6.07, 6.45) is 9.78. The minimum atomic E-state index is -4.96. The molecular weight excluding hydrogens is 1120 g/mol. The fraction of sp³-hybridized carbons (Fsp3) is 0.508. The number of hydrogen-bond acceptors (Lipinski definition) is 21. The molecule has 6 aliphatic heterocycles. The molecular formula is C59H70FN13O11S. The maximum atomic E-state index is 18.0. The Morgan fingerprint density at radius 3 is 2.44 bits per heavy atom. The van der Waals surface area contributed by atoms with E-state index in [-0.39, 0.29) is 78.2 Å². The molecule has 1 spiro atoms. The number of methoxy groups -OCH3 is 1. The highest BCUT2D eigenvalue weighted by molar-refractivity contribution is 7.90. The van der Waals surface area contributed by atoms with Gasteiger partial charge in [0.05, 0.1) is 67.3 Å². The highest BCUT2D eigenvalue weighted by atomic mass is 32.2. The number of para-hydroxylation sites is 1. The number of sulfonamides is 1. The number of nitrogens with one attached hydrogen (secondary N) is 3. The van der Waals surface area contributed by atoms with E-state index in [0.717, 1.165) is 92.9 Å². The second-order valence-electron chi connectivity index (χ2n) is 23.5. The smallest absolute Gasteiger partial charge is 0.300 e. The minimum Gasteiger partial charge on any atom is -0.493 e. The van der Waals surface area contributed by atoms with Gasteiger partial charge in [-0.2, -0.15) is 18.4 Å². The van der Waals surface area contributed by atoms with Crippen LogP contribution in [0.5, 0.6) is 23.3 Å². The molecule has 7 aliphatic rings. The molecule has 1 amide bonds. The molecule has 2 atom stereocenters. The van der Waals surface area contributed by atoms with Crippen molar-refractivity contribution in [1.82, 2.24) is 39.4 Å². The Balaban J connectivity index is 0.741. The Morgan fingerprint density at radius 1 is 0.894 bits per heavy atom. The van der Waals surface area contributed by atoms with Gasteiger partial charge in [0.25, 0.3) is 15.9 Å². The Hall–Kier alpha value is -7.65. The monoisotopic (exact) mass is 1190 g/mol. The molecule has 5 aromatic heterocycles. The van der Waals surface area contributed by atoms with Crippen LogP contribution in [0.1, 0.15) is 79.9 Å². The third kappa shape index (κ3) is 11.2. The first kappa shape index (κ1) is 56.5. The molecule has 4 saturated heterocycles. The number of halogens is 1. The van der Waals surface area contributed by atoms with Crippen molar-refractivity contribution in [3.05, 3.63) is 99.7 Å². The number of carbonyl (C=O) groups excluding carboxylic acids is 1. The number of morpholine rings is 1. The Bertz CT molecular complexity index is 3600. The molecule has 5 fully saturated rings. The topological polar surface area (TPSA) is 257 Å². The number of pyridine rings is 4. The van der Waals surface area contributed by atoms with Gasteiger partial charge in [-0.25, -0.2) is 19.1 Å². The van der Waals surface area contributed by atoms with E-state index in [2.05, 4.69) is 78.1 Å². The van der Waals surface area contributed by atoms with E-state index < -0.39 is 42.9 Å². The number of nitro groups is 1. The van der Waals surface area contributed by atoms with Gasteiger partial charge in [-0.3, -0.25) is 24.7 Å². The summed E-state index contributed by atoms with van der Waals surface area (Å²) in [6.45, 7) is 12.4. The standard InChI is InChI=1S/C59H70FN13O11S/c1-36(2)84-47-7-5-4-6-41(47)46-34-68(33-37-26-48(79-3)54(62-31-37)70-18-23-81-24-19-70)16-17-71(46)40-29-59(30-40)11-14-69(15-12-59)55-50(60)52(72-20-25-82-57-45(72)27-39-8-13-61-53(39)66-57)42(32-63-55)56(74)67-85(77,78)49-28-44(73(75)76)51-58(65-49)83-35-43(64-51)38-9-21-80-22-10-38/h4-8,13,26-28,31-32,36,38,40,43,46,64H,9-12,14-25,29-30,33-35H2,1-3H3,(H,61,66)(H,67,74)/t43-,46-/m0/s1. The molecule has 85 heavy (non-hydrogen) atoms. The molecule has 3 N–H and O–H groups in total. The first-order valence-electron chi connectivity index (χ1n) is 29.4. The van der Waals surface area contributed by atoms with Crippen LogP contribution >= 0.6 is 0 Å². The average molecular weight is 1190 g/mol. The number of ether oxygens (including phenoxy) is 6. The lowest BCUT2D eigenvalue weighted by molar-refractivity contribution is -0.384. The molecule has 24 nitrogen and oxygen atoms in total. The number of fused-ring (bicyclic) bond motifs is 3. The van der Waals surface area contributed by atoms with Crippen LogP contribution in [0.3, 0.4) is 0 Å². The zero-order valence-electron chi connectivity index (χ0n) is 47.8. The summed E-state index contributed by atoms with van der Waals surface area (Å²) in [6, 6.07) is 14.9. The van der Waals surface area contributed by atoms with E-state index in [1.54, 1.807) is 30.3 Å². The number of aromatic nitrogens is 5. The molecule has 1 aliphatic carbocycles. The predicted molar refractivity (Wildman–Crippen MR) is 312 cm³/mol. The van der Waals surface area contributed by atoms with Crippen LogP contribution in [0, 0.1) is 27.3 Å². The molecule has 0 unspecified atom stereocenters. The predicted octanol–water partition coefficient (Wildman–Crippen LogP) is 6.98. The molecule has 26 heteroatoms. The van der Waals surface area contributed by atoms with Crippen LogP contribution in [0.15, 0.2) is 72.1 Å². The second-order valence-corrected chi connectivity index (χ2v) is 25.1. The van der Waals surface area contributed by atoms with Crippen molar-refractivity contribution in [2.24, 2.45) is 11.3 Å². The van der Waals surface area contributed by atoms with E-state index >= 15 is 4.39 Å². The second kappa shape index (κ2) is 23.3. The number of carbonyl (C=O) groups is 1. The number of amides is 1. The van der Waals surface area contributed by atoms with Gasteiger partial charge in [-0.15, -0.1) is 0 Å². The van der Waals surface area contributed by atoms with Crippen LogP contribution in [0.2, 0.25) is 0 Å². The number of hydrogen-bond donors (Lipinski definition) is 3. The quantitative estimate of drug-likeness (QED) is 0.0692. The maximum absolute atomic E-state index is 18.0. The number of H-pyrrole nitrogens is 1. The van der Waals surface area contributed by atoms with Gasteiger partial charge in [0.1, 0.15) is 30.3 Å². The first-order valence-corrected chi connectivity index (χ1v) is 30.8. The summed E-state index contributed by atoms with van der Waals surface area (Å²) >= 11 is 0. The summed E-state index contributed by atoms with van der Waals surface area (Å²) in [5, 5.41) is 15.5. The van der Waals surface area contributed by atoms with Crippen LogP contribution in [-0.4, -0.2) is 171 Å². The van der Waals surface area contributed by atoms with E-state index in [4.69, 9.17) is 33.4 Å². The number of aromatic amines is 1. The average Bonchev–Trinajstić information content (AvgIpc) is 2.27. The number of nitrogens with zero attached hydrogens (tertiary/aromatic N) is 10. The third-order valence-electron chi connectivity index (χ3n) is 17.9. The van der Waals surface area contributed by atoms with Crippen LogP contribution in [0.4, 0.5) is 38.8 Å². The molecule has 0 bridgehead atoms. The lowest BCUT2D eigenvalue weighted by Crippen LogP contribution is -2.60. The normalized spacial score (nSPS) is 21.4. The fourth-order valence-electron chi connectivity index (χ4n) is 13.6. The highest BCUT2D eigenvalue weighted by Gasteiger charge is 2.51. The van der Waals surface area contributed by atoms with E-state index in [0.29, 0.717) is 81.7 Å². The maximum Gasteiger partial charge on any atom is 0.300 e. The van der Waals surface area contributed by atoms with Crippen LogP contribution in [0.25, 0.3) is 11.0 Å². The Labute approximate surface area is 491 Å². The van der Waals surface area contributed by atoms with Crippen molar-refractivity contribution >= 4 is 61.3 Å². The van der Waals surface area contributed by atoms with E-state index in [9.17, 15) is 23.3 Å². The summed E-state index contributed by atoms with van der Waals surface area (Å²) in [4.78, 5) is 58.5. The van der Waals surface area contributed by atoms with Crippen molar-refractivity contribution in [2.75, 3.05) is 119 Å². The number of piperidine rings is 1. The van der Waals surface area contributed by atoms with Gasteiger partial charge >= 0.3 is 5.69 Å². The van der Waals surface area contributed by atoms with Gasteiger partial charge in [-0.05, 0) is 93.5 Å². The summed E-state index contributed by atoms with van der Waals surface area (Å²) in [5.41, 5.74) is 1.85. The number of benzene rings is 1. The van der Waals surface area contributed by atoms with Crippen molar-refractivity contribution in [3.8, 4) is 23.3 Å². The van der Waals surface area contributed by atoms with Crippen molar-refractivity contribution in [1.29, 1.82) is 0 Å². The van der Waals surface area contributed by atoms with Gasteiger partial charge in [0.2, 0.25) is 11.8 Å². The zero-order chi connectivity index (χ0) is 58.6. The lowest BCUT2D eigenvalue weighted by Gasteiger charge is -2.58. The number of anilines is 5. The van der Waals surface area contributed by atoms with Crippen molar-refractivity contribution in [3.63, 3.8) is 0 Å². The minimum absolute atomic E-state index is 0.00624. The van der Waals surface area contributed by atoms with Crippen LogP contribution in [-0.2, 0) is 26.0 Å². The van der Waals surface area contributed by atoms with Crippen LogP contribution < -0.4 is 43.7 Å². The molecule has 450 valence electrons. The van der Waals surface area contributed by atoms with Gasteiger partial charge in [0, 0.05) is 101 Å². The van der Waals surface area contributed by atoms with Crippen molar-refractivity contribution in [2.45, 2.75) is 88.2 Å². The van der Waals surface area contributed by atoms with Gasteiger partial charge in [-0.1, -0.05) is 18.2 Å². The zero-order valence-corrected chi connectivity index (χ0v) is 48.7. The third-order valence-corrected chi connectivity index (χ3v) is 19.1. The van der Waals surface area contributed by atoms with Gasteiger partial charge in [0.15, 0.2) is 33.9 Å². The van der Waals surface area contributed by atoms with Gasteiger partial charge < -0.3 is 53.4 Å². The summed E-state index contributed by atoms with van der Waals surface area (Å²) in [5.74, 6) is 0.414. The summed E-state index contributed by atoms with van der Waals surface area (Å²) in [7, 11) is -3.26. The van der Waals surface area contributed by atoms with E-state index in [1.165, 1.54) is 6.20 Å². The summed E-state index contributed by atoms with van der Waals surface area (Å²) < 4.78 is 83.7. The molecule has 1 saturated carbocycles. The Kier molecular flexibility index (Phi) is 15.5. The molecule has 6 aromatic rings. The number of rotatable bonds is 15.